The minimum Gasteiger partial charge on any atom is -0.496 e. The molecule has 2 aromatic carbocycles. The maximum atomic E-state index is 13.0. The Balaban J connectivity index is 1.56. The highest BCUT2D eigenvalue weighted by molar-refractivity contribution is 7.80. The molecule has 1 aliphatic rings. The molecule has 2 amide bonds. The number of benzene rings is 2. The van der Waals surface area contributed by atoms with Gasteiger partial charge in [0.2, 0.25) is 0 Å². The molecular formula is C26H29N3O3S2. The number of primary amides is 1. The summed E-state index contributed by atoms with van der Waals surface area (Å²) in [5.41, 5.74) is 7.79. The maximum absolute atomic E-state index is 13.0. The number of fused-ring (bicyclic) bond motifs is 2. The second kappa shape index (κ2) is 9.35. The molecule has 4 rings (SSSR count). The average Bonchev–Trinajstić information content (AvgIpc) is 3.14. The molecule has 1 atom stereocenters. The number of carbonyl (C=O) groups excluding carboxylic acids is 2. The van der Waals surface area contributed by atoms with E-state index in [-0.39, 0.29) is 10.5 Å². The van der Waals surface area contributed by atoms with Gasteiger partial charge in [-0.2, -0.15) is 0 Å². The molecule has 0 radical (unpaired) electrons. The molecular weight excluding hydrogens is 466 g/mol. The summed E-state index contributed by atoms with van der Waals surface area (Å²) in [6.45, 7) is 6.74. The number of thiocarbonyl (C=S) groups is 1. The second-order valence-corrected chi connectivity index (χ2v) is 11.2. The van der Waals surface area contributed by atoms with Gasteiger partial charge < -0.3 is 15.8 Å². The van der Waals surface area contributed by atoms with Gasteiger partial charge in [0.15, 0.2) is 5.11 Å². The third-order valence-electron chi connectivity index (χ3n) is 6.50. The predicted molar refractivity (Wildman–Crippen MR) is 142 cm³/mol. The number of hydrogen-bond donors (Lipinski definition) is 3. The lowest BCUT2D eigenvalue weighted by atomic mass is 9.72. The monoisotopic (exact) mass is 495 g/mol. The lowest BCUT2D eigenvalue weighted by Crippen LogP contribution is -2.34. The van der Waals surface area contributed by atoms with E-state index < -0.39 is 11.8 Å². The van der Waals surface area contributed by atoms with E-state index in [0.717, 1.165) is 40.5 Å². The van der Waals surface area contributed by atoms with E-state index in [9.17, 15) is 9.59 Å². The highest BCUT2D eigenvalue weighted by atomic mass is 32.1. The van der Waals surface area contributed by atoms with Crippen molar-refractivity contribution in [1.82, 2.24) is 5.32 Å². The smallest absolute Gasteiger partial charge is 0.261 e. The summed E-state index contributed by atoms with van der Waals surface area (Å²) in [6.07, 6.45) is 2.72. The summed E-state index contributed by atoms with van der Waals surface area (Å²) >= 11 is 6.92. The SMILES string of the molecule is COc1cc2ccccc2cc1C(=O)NC(=S)Nc1sc2c(c1C(N)=O)CCC(C(C)(C)C)C2. The first-order valence-electron chi connectivity index (χ1n) is 11.2. The van der Waals surface area contributed by atoms with Crippen LogP contribution in [0.2, 0.25) is 0 Å². The van der Waals surface area contributed by atoms with Crippen LogP contribution < -0.4 is 21.1 Å². The first-order chi connectivity index (χ1) is 16.1. The predicted octanol–water partition coefficient (Wildman–Crippen LogP) is 5.29. The molecule has 0 bridgehead atoms. The van der Waals surface area contributed by atoms with E-state index in [1.807, 2.05) is 30.3 Å². The number of anilines is 1. The van der Waals surface area contributed by atoms with E-state index in [0.29, 0.717) is 27.8 Å². The van der Waals surface area contributed by atoms with Crippen molar-refractivity contribution in [3.8, 4) is 5.75 Å². The number of methoxy groups -OCH3 is 1. The van der Waals surface area contributed by atoms with Crippen LogP contribution in [0.3, 0.4) is 0 Å². The summed E-state index contributed by atoms with van der Waals surface area (Å²) in [6, 6.07) is 11.3. The number of nitrogens with one attached hydrogen (secondary N) is 2. The summed E-state index contributed by atoms with van der Waals surface area (Å²) in [5, 5.41) is 8.36. The van der Waals surface area contributed by atoms with E-state index in [1.54, 1.807) is 6.07 Å². The normalized spacial score (nSPS) is 15.5. The van der Waals surface area contributed by atoms with Crippen molar-refractivity contribution in [3.05, 3.63) is 58.0 Å². The maximum Gasteiger partial charge on any atom is 0.261 e. The summed E-state index contributed by atoms with van der Waals surface area (Å²) < 4.78 is 5.43. The molecule has 0 spiro atoms. The Morgan fingerprint density at radius 2 is 1.85 bits per heavy atom. The van der Waals surface area contributed by atoms with Gasteiger partial charge in [-0.3, -0.25) is 14.9 Å². The molecule has 6 nitrogen and oxygen atoms in total. The lowest BCUT2D eigenvalue weighted by molar-refractivity contribution is 0.0972. The highest BCUT2D eigenvalue weighted by Gasteiger charge is 2.33. The van der Waals surface area contributed by atoms with Crippen LogP contribution >= 0.6 is 23.6 Å². The molecule has 1 heterocycles. The van der Waals surface area contributed by atoms with Crippen LogP contribution in [-0.2, 0) is 12.8 Å². The Hall–Kier alpha value is -2.97. The molecule has 1 unspecified atom stereocenters. The quantitative estimate of drug-likeness (QED) is 0.428. The number of thiophene rings is 1. The molecule has 178 valence electrons. The standard InChI is InChI=1S/C26H29N3O3S2/c1-26(2,3)16-9-10-17-20(13-16)34-24(21(17)22(27)30)29-25(33)28-23(31)18-11-14-7-5-6-8-15(14)12-19(18)32-4/h5-8,11-12,16H,9-10,13H2,1-4H3,(H2,27,30)(H2,28,29,31,33). The Kier molecular flexibility index (Phi) is 6.64. The summed E-state index contributed by atoms with van der Waals surface area (Å²) in [7, 11) is 1.53. The van der Waals surface area contributed by atoms with Crippen molar-refractivity contribution in [1.29, 1.82) is 0 Å². The van der Waals surface area contributed by atoms with Crippen LogP contribution in [0.25, 0.3) is 10.8 Å². The molecule has 4 N–H and O–H groups in total. The molecule has 1 aromatic heterocycles. The summed E-state index contributed by atoms with van der Waals surface area (Å²) in [5.74, 6) is 0.102. The Bertz CT molecular complexity index is 1290. The largest absolute Gasteiger partial charge is 0.496 e. The van der Waals surface area contributed by atoms with Crippen LogP contribution in [-0.4, -0.2) is 24.0 Å². The fraction of sp³-hybridized carbons (Fsp3) is 0.346. The Labute approximate surface area is 208 Å². The number of rotatable bonds is 4. The van der Waals surface area contributed by atoms with Crippen molar-refractivity contribution in [2.24, 2.45) is 17.1 Å². The summed E-state index contributed by atoms with van der Waals surface area (Å²) in [4.78, 5) is 26.5. The van der Waals surface area contributed by atoms with Crippen LogP contribution in [0.5, 0.6) is 5.75 Å². The molecule has 0 saturated carbocycles. The van der Waals surface area contributed by atoms with Gasteiger partial charge in [-0.25, -0.2) is 0 Å². The number of carbonyl (C=O) groups is 2. The zero-order chi connectivity index (χ0) is 24.6. The first kappa shape index (κ1) is 24.2. The van der Waals surface area contributed by atoms with Crippen molar-refractivity contribution in [3.63, 3.8) is 0 Å². The Morgan fingerprint density at radius 1 is 1.18 bits per heavy atom. The van der Waals surface area contributed by atoms with Crippen LogP contribution in [0, 0.1) is 11.3 Å². The van der Waals surface area contributed by atoms with Gasteiger partial charge >= 0.3 is 0 Å². The molecule has 0 saturated heterocycles. The number of nitrogens with two attached hydrogens (primary N) is 1. The number of ether oxygens (including phenoxy) is 1. The number of hydrogen-bond acceptors (Lipinski definition) is 5. The fourth-order valence-electron chi connectivity index (χ4n) is 4.54. The van der Waals surface area contributed by atoms with Crippen LogP contribution in [0.15, 0.2) is 36.4 Å². The van der Waals surface area contributed by atoms with Gasteiger partial charge in [-0.1, -0.05) is 45.0 Å². The lowest BCUT2D eigenvalue weighted by Gasteiger charge is -2.33. The molecule has 34 heavy (non-hydrogen) atoms. The van der Waals surface area contributed by atoms with Crippen LogP contribution in [0.1, 0.15) is 58.3 Å². The minimum absolute atomic E-state index is 0.105. The van der Waals surface area contributed by atoms with Gasteiger partial charge in [0.1, 0.15) is 10.8 Å². The van der Waals surface area contributed by atoms with E-state index in [2.05, 4.69) is 31.4 Å². The van der Waals surface area contributed by atoms with Gasteiger partial charge in [-0.05, 0) is 71.3 Å². The van der Waals surface area contributed by atoms with Gasteiger partial charge in [0, 0.05) is 4.88 Å². The van der Waals surface area contributed by atoms with Crippen LogP contribution in [0.4, 0.5) is 5.00 Å². The molecule has 0 fully saturated rings. The zero-order valence-electron chi connectivity index (χ0n) is 19.8. The molecule has 8 heteroatoms. The van der Waals surface area contributed by atoms with Gasteiger partial charge in [-0.15, -0.1) is 11.3 Å². The Morgan fingerprint density at radius 3 is 2.47 bits per heavy atom. The molecule has 1 aliphatic carbocycles. The fourth-order valence-corrected chi connectivity index (χ4v) is 6.14. The number of amides is 2. The molecule has 0 aliphatic heterocycles. The van der Waals surface area contributed by atoms with Crippen molar-refractivity contribution in [2.45, 2.75) is 40.0 Å². The van der Waals surface area contributed by atoms with Gasteiger partial charge in [0.25, 0.3) is 11.8 Å². The van der Waals surface area contributed by atoms with Crippen molar-refractivity contribution >= 4 is 56.3 Å². The zero-order valence-corrected chi connectivity index (χ0v) is 21.4. The van der Waals surface area contributed by atoms with E-state index >= 15 is 0 Å². The topological polar surface area (TPSA) is 93.4 Å². The average molecular weight is 496 g/mol. The van der Waals surface area contributed by atoms with Crippen molar-refractivity contribution < 1.29 is 14.3 Å². The second-order valence-electron chi connectivity index (χ2n) is 9.69. The third-order valence-corrected chi connectivity index (χ3v) is 7.88. The molecule has 3 aromatic rings. The first-order valence-corrected chi connectivity index (χ1v) is 12.4. The van der Waals surface area contributed by atoms with E-state index in [1.165, 1.54) is 18.4 Å². The van der Waals surface area contributed by atoms with E-state index in [4.69, 9.17) is 22.7 Å². The minimum atomic E-state index is -0.487. The highest BCUT2D eigenvalue weighted by Crippen LogP contribution is 2.44. The van der Waals surface area contributed by atoms with Gasteiger partial charge in [0.05, 0.1) is 18.2 Å². The third kappa shape index (κ3) is 4.79. The van der Waals surface area contributed by atoms with Crippen molar-refractivity contribution in [2.75, 3.05) is 12.4 Å².